The van der Waals surface area contributed by atoms with Crippen LogP contribution in [0.2, 0.25) is 0 Å². The average molecular weight is 128 g/mol. The van der Waals surface area contributed by atoms with E-state index >= 15 is 0 Å². The molecule has 0 aromatic rings. The van der Waals surface area contributed by atoms with Crippen molar-refractivity contribution in [1.82, 2.24) is 5.32 Å². The molecule has 1 saturated heterocycles. The first-order valence-electron chi connectivity index (χ1n) is 3.15. The average Bonchev–Trinajstić information content (AvgIpc) is 2.30. The molecule has 2 fully saturated rings. The minimum Gasteiger partial charge on any atom is -0.316 e. The Morgan fingerprint density at radius 1 is 1.44 bits per heavy atom. The van der Waals surface area contributed by atoms with Crippen LogP contribution in [0.4, 0.5) is 0 Å². The third-order valence-electron chi connectivity index (χ3n) is 2.29. The summed E-state index contributed by atoms with van der Waals surface area (Å²) >= 11 is 0. The van der Waals surface area contributed by atoms with E-state index in [0.717, 1.165) is 13.1 Å². The molecule has 2 rings (SSSR count). The van der Waals surface area contributed by atoms with Crippen LogP contribution in [0.3, 0.4) is 0 Å². The van der Waals surface area contributed by atoms with Gasteiger partial charge in [0.05, 0.1) is 0 Å². The van der Waals surface area contributed by atoms with E-state index in [0.29, 0.717) is 11.8 Å². The quantitative estimate of drug-likeness (QED) is 0.382. The van der Waals surface area contributed by atoms with Gasteiger partial charge in [-0.1, -0.05) is 0 Å². The fraction of sp³-hybridized carbons (Fsp3) is 1.00. The molecule has 0 spiro atoms. The summed E-state index contributed by atoms with van der Waals surface area (Å²) in [6.07, 6.45) is 0. The number of nitrogens with one attached hydrogen (secondary N) is 1. The molecule has 1 aliphatic heterocycles. The maximum absolute atomic E-state index is 10.2. The van der Waals surface area contributed by atoms with E-state index in [1.165, 1.54) is 0 Å². The van der Waals surface area contributed by atoms with Gasteiger partial charge >= 0.3 is 0 Å². The molecule has 1 heterocycles. The van der Waals surface area contributed by atoms with Crippen LogP contribution in [0.5, 0.6) is 0 Å². The first-order chi connectivity index (χ1) is 4.30. The fourth-order valence-electron chi connectivity index (χ4n) is 1.70. The van der Waals surface area contributed by atoms with Gasteiger partial charge in [0, 0.05) is 29.8 Å². The van der Waals surface area contributed by atoms with Crippen molar-refractivity contribution in [2.45, 2.75) is 6.04 Å². The van der Waals surface area contributed by atoms with Crippen LogP contribution >= 0.6 is 0 Å². The lowest BCUT2D eigenvalue weighted by atomic mass is 10.4. The largest absolute Gasteiger partial charge is 0.316 e. The highest BCUT2D eigenvalue weighted by Gasteiger charge is 2.62. The molecule has 1 saturated carbocycles. The second-order valence-corrected chi connectivity index (χ2v) is 2.76. The number of nitrogens with zero attached hydrogens (tertiary/aromatic N) is 1. The molecule has 2 aliphatic rings. The summed E-state index contributed by atoms with van der Waals surface area (Å²) < 4.78 is 0. The molecule has 0 amide bonds. The van der Waals surface area contributed by atoms with E-state index in [2.05, 4.69) is 5.32 Å². The molecule has 0 aromatic carbocycles. The minimum atomic E-state index is -0.203. The van der Waals surface area contributed by atoms with Gasteiger partial charge < -0.3 is 5.32 Å². The van der Waals surface area contributed by atoms with E-state index in [4.69, 9.17) is 0 Å². The minimum absolute atomic E-state index is 0.143. The van der Waals surface area contributed by atoms with Crippen LogP contribution in [-0.4, -0.2) is 24.1 Å². The molecule has 1 N–H and O–H groups in total. The smallest absolute Gasteiger partial charge is 0.222 e. The van der Waals surface area contributed by atoms with Gasteiger partial charge in [-0.3, -0.25) is 10.1 Å². The van der Waals surface area contributed by atoms with E-state index in [-0.39, 0.29) is 11.0 Å². The monoisotopic (exact) mass is 128 g/mol. The summed E-state index contributed by atoms with van der Waals surface area (Å²) in [5.41, 5.74) is 0. The summed E-state index contributed by atoms with van der Waals surface area (Å²) in [7, 11) is 0. The molecule has 4 nitrogen and oxygen atoms in total. The SMILES string of the molecule is O=[N+]([O-])C1C2CNCC21. The first-order valence-corrected chi connectivity index (χ1v) is 3.15. The van der Waals surface area contributed by atoms with Gasteiger partial charge in [0.1, 0.15) is 0 Å². The van der Waals surface area contributed by atoms with Crippen molar-refractivity contribution in [1.29, 1.82) is 0 Å². The normalized spacial score (nSPS) is 46.4. The lowest BCUT2D eigenvalue weighted by molar-refractivity contribution is -0.502. The number of hydrogen-bond acceptors (Lipinski definition) is 3. The van der Waals surface area contributed by atoms with Crippen molar-refractivity contribution in [3.8, 4) is 0 Å². The summed E-state index contributed by atoms with van der Waals surface area (Å²) in [5.74, 6) is 0.722. The van der Waals surface area contributed by atoms with Gasteiger partial charge in [-0.05, 0) is 0 Å². The maximum Gasteiger partial charge on any atom is 0.222 e. The van der Waals surface area contributed by atoms with Crippen molar-refractivity contribution in [2.24, 2.45) is 11.8 Å². The van der Waals surface area contributed by atoms with E-state index in [1.807, 2.05) is 0 Å². The molecule has 0 aromatic heterocycles. The van der Waals surface area contributed by atoms with Crippen LogP contribution < -0.4 is 5.32 Å². The number of rotatable bonds is 1. The van der Waals surface area contributed by atoms with Crippen LogP contribution in [0.15, 0.2) is 0 Å². The Morgan fingerprint density at radius 3 is 2.33 bits per heavy atom. The molecule has 50 valence electrons. The molecule has 2 unspecified atom stereocenters. The summed E-state index contributed by atoms with van der Waals surface area (Å²) in [6, 6.07) is -0.203. The lowest BCUT2D eigenvalue weighted by Gasteiger charge is -1.94. The Hall–Kier alpha value is -0.640. The molecule has 1 aliphatic carbocycles. The Balaban J connectivity index is 2.02. The molecular formula is C5H8N2O2. The van der Waals surface area contributed by atoms with Crippen LogP contribution in [0, 0.1) is 22.0 Å². The number of fused-ring (bicyclic) bond motifs is 1. The zero-order chi connectivity index (χ0) is 6.43. The molecule has 0 radical (unpaired) electrons. The second-order valence-electron chi connectivity index (χ2n) is 2.76. The van der Waals surface area contributed by atoms with E-state index < -0.39 is 0 Å². The Morgan fingerprint density at radius 2 is 2.00 bits per heavy atom. The highest BCUT2D eigenvalue weighted by molar-refractivity contribution is 5.04. The van der Waals surface area contributed by atoms with Crippen LogP contribution in [0.25, 0.3) is 0 Å². The highest BCUT2D eigenvalue weighted by Crippen LogP contribution is 2.43. The van der Waals surface area contributed by atoms with E-state index in [1.54, 1.807) is 0 Å². The molecular weight excluding hydrogens is 120 g/mol. The summed E-state index contributed by atoms with van der Waals surface area (Å²) in [4.78, 5) is 10.0. The first kappa shape index (κ1) is 5.17. The van der Waals surface area contributed by atoms with Crippen LogP contribution in [0.1, 0.15) is 0 Å². The zero-order valence-electron chi connectivity index (χ0n) is 4.91. The lowest BCUT2D eigenvalue weighted by Crippen LogP contribution is -2.21. The predicted octanol–water partition coefficient (Wildman–Crippen LogP) is -0.519. The van der Waals surface area contributed by atoms with Crippen molar-refractivity contribution >= 4 is 0 Å². The van der Waals surface area contributed by atoms with Gasteiger partial charge in [-0.15, -0.1) is 0 Å². The van der Waals surface area contributed by atoms with Gasteiger partial charge in [-0.25, -0.2) is 0 Å². The Kier molecular flexibility index (Phi) is 0.829. The Bertz CT molecular complexity index is 149. The zero-order valence-corrected chi connectivity index (χ0v) is 4.91. The summed E-state index contributed by atoms with van der Waals surface area (Å²) in [6.45, 7) is 1.71. The topological polar surface area (TPSA) is 55.2 Å². The molecule has 9 heavy (non-hydrogen) atoms. The van der Waals surface area contributed by atoms with Crippen molar-refractivity contribution in [3.05, 3.63) is 10.1 Å². The number of nitro groups is 1. The van der Waals surface area contributed by atoms with Crippen molar-refractivity contribution in [2.75, 3.05) is 13.1 Å². The van der Waals surface area contributed by atoms with Crippen molar-refractivity contribution in [3.63, 3.8) is 0 Å². The number of hydrogen-bond donors (Lipinski definition) is 1. The molecule has 0 bridgehead atoms. The maximum atomic E-state index is 10.2. The third-order valence-corrected chi connectivity index (χ3v) is 2.29. The van der Waals surface area contributed by atoms with Gasteiger partial charge in [0.2, 0.25) is 6.04 Å². The van der Waals surface area contributed by atoms with Crippen LogP contribution in [-0.2, 0) is 0 Å². The van der Waals surface area contributed by atoms with Gasteiger partial charge in [0.25, 0.3) is 0 Å². The van der Waals surface area contributed by atoms with Crippen molar-refractivity contribution < 1.29 is 4.92 Å². The summed E-state index contributed by atoms with van der Waals surface area (Å²) in [5, 5.41) is 13.3. The third kappa shape index (κ3) is 0.564. The predicted molar refractivity (Wildman–Crippen MR) is 30.6 cm³/mol. The highest BCUT2D eigenvalue weighted by atomic mass is 16.6. The van der Waals surface area contributed by atoms with Gasteiger partial charge in [0.15, 0.2) is 0 Å². The fourth-order valence-corrected chi connectivity index (χ4v) is 1.70. The van der Waals surface area contributed by atoms with Gasteiger partial charge in [-0.2, -0.15) is 0 Å². The number of piperidine rings is 1. The standard InChI is InChI=1S/C5H8N2O2/c8-7(9)5-3-1-6-2-4(3)5/h3-6H,1-2H2. The Labute approximate surface area is 52.4 Å². The molecule has 2 atom stereocenters. The molecule has 4 heteroatoms. The van der Waals surface area contributed by atoms with E-state index in [9.17, 15) is 10.1 Å². The second kappa shape index (κ2) is 1.44.